The molecule has 0 fully saturated rings. The molecule has 0 aliphatic carbocycles. The van der Waals surface area contributed by atoms with Gasteiger partial charge in [-0.05, 0) is 24.6 Å². The quantitative estimate of drug-likeness (QED) is 0.731. The highest BCUT2D eigenvalue weighted by Gasteiger charge is 2.03. The molecule has 0 aliphatic heterocycles. The second-order valence-corrected chi connectivity index (χ2v) is 3.84. The number of furan rings is 1. The molecule has 0 atom stereocenters. The molecule has 0 saturated carbocycles. The van der Waals surface area contributed by atoms with Crippen molar-refractivity contribution in [1.29, 1.82) is 0 Å². The normalized spacial score (nSPS) is 10.7. The molecule has 2 heteroatoms. The van der Waals surface area contributed by atoms with Crippen molar-refractivity contribution in [1.82, 2.24) is 4.98 Å². The Morgan fingerprint density at radius 2 is 2.27 bits per heavy atom. The molecule has 80 valence electrons. The van der Waals surface area contributed by atoms with Crippen molar-refractivity contribution in [3.63, 3.8) is 0 Å². The van der Waals surface area contributed by atoms with Crippen LogP contribution >= 0.6 is 0 Å². The van der Waals surface area contributed by atoms with Crippen molar-refractivity contribution < 1.29 is 4.42 Å². The van der Waals surface area contributed by atoms with Gasteiger partial charge in [0.1, 0.15) is 5.76 Å². The molecular weight excluding hydrogens is 186 g/mol. The number of hydrogen-bond donors (Lipinski definition) is 1. The Labute approximate surface area is 90.3 Å². The van der Waals surface area contributed by atoms with Gasteiger partial charge in [0.2, 0.25) is 0 Å². The molecular formula is C13H17NO. The van der Waals surface area contributed by atoms with Gasteiger partial charge in [0.25, 0.3) is 0 Å². The average molecular weight is 203 g/mol. The summed E-state index contributed by atoms with van der Waals surface area (Å²) in [5.41, 5.74) is 2.27. The monoisotopic (exact) mass is 203 g/mol. The molecule has 2 aromatic heterocycles. The summed E-state index contributed by atoms with van der Waals surface area (Å²) < 4.78 is 5.52. The number of unbranched alkanes of at least 4 members (excludes halogenated alkanes) is 2. The molecule has 2 aromatic rings. The highest BCUT2D eigenvalue weighted by molar-refractivity contribution is 5.58. The lowest BCUT2D eigenvalue weighted by atomic mass is 10.1. The smallest absolute Gasteiger partial charge is 0.104 e. The van der Waals surface area contributed by atoms with Crippen LogP contribution in [0.2, 0.25) is 0 Å². The van der Waals surface area contributed by atoms with E-state index in [0.29, 0.717) is 0 Å². The third-order valence-electron chi connectivity index (χ3n) is 2.59. The fraction of sp³-hybridized carbons (Fsp3) is 0.385. The highest BCUT2D eigenvalue weighted by Crippen LogP contribution is 2.21. The van der Waals surface area contributed by atoms with Crippen LogP contribution in [0.5, 0.6) is 0 Å². The van der Waals surface area contributed by atoms with Crippen molar-refractivity contribution in [2.24, 2.45) is 0 Å². The molecule has 0 amide bonds. The first-order valence-corrected chi connectivity index (χ1v) is 5.61. The van der Waals surface area contributed by atoms with E-state index in [1.807, 2.05) is 18.5 Å². The zero-order chi connectivity index (χ0) is 10.5. The number of nitrogens with one attached hydrogen (secondary N) is 1. The van der Waals surface area contributed by atoms with Gasteiger partial charge in [-0.15, -0.1) is 0 Å². The van der Waals surface area contributed by atoms with E-state index in [4.69, 9.17) is 4.42 Å². The van der Waals surface area contributed by atoms with Crippen LogP contribution in [-0.4, -0.2) is 4.98 Å². The van der Waals surface area contributed by atoms with E-state index in [2.05, 4.69) is 24.0 Å². The second kappa shape index (κ2) is 4.87. The highest BCUT2D eigenvalue weighted by atomic mass is 16.3. The van der Waals surface area contributed by atoms with Crippen LogP contribution in [-0.2, 0) is 6.42 Å². The van der Waals surface area contributed by atoms with Crippen LogP contribution in [0.4, 0.5) is 0 Å². The molecule has 0 unspecified atom stereocenters. The van der Waals surface area contributed by atoms with Gasteiger partial charge in [-0.3, -0.25) is 0 Å². The summed E-state index contributed by atoms with van der Waals surface area (Å²) >= 11 is 0. The maximum Gasteiger partial charge on any atom is 0.104 e. The third-order valence-corrected chi connectivity index (χ3v) is 2.59. The topological polar surface area (TPSA) is 28.9 Å². The molecule has 0 saturated heterocycles. The van der Waals surface area contributed by atoms with E-state index < -0.39 is 0 Å². The second-order valence-electron chi connectivity index (χ2n) is 3.84. The summed E-state index contributed by atoms with van der Waals surface area (Å²) in [5.74, 6) is 1.09. The van der Waals surface area contributed by atoms with Crippen LogP contribution in [0.15, 0.2) is 35.1 Å². The Morgan fingerprint density at radius 1 is 1.33 bits per heavy atom. The molecule has 0 aliphatic rings. The molecule has 0 bridgehead atoms. The average Bonchev–Trinajstić information content (AvgIpc) is 2.87. The van der Waals surface area contributed by atoms with Crippen LogP contribution < -0.4 is 0 Å². The number of aromatic amines is 1. The van der Waals surface area contributed by atoms with Gasteiger partial charge in [-0.2, -0.15) is 0 Å². The lowest BCUT2D eigenvalue weighted by Crippen LogP contribution is -1.80. The van der Waals surface area contributed by atoms with Crippen molar-refractivity contribution in [2.45, 2.75) is 32.6 Å². The Kier molecular flexibility index (Phi) is 3.28. The molecule has 0 aromatic carbocycles. The summed E-state index contributed by atoms with van der Waals surface area (Å²) in [5, 5.41) is 0. The minimum absolute atomic E-state index is 1.05. The van der Waals surface area contributed by atoms with Gasteiger partial charge in [0.15, 0.2) is 0 Å². The zero-order valence-electron chi connectivity index (χ0n) is 9.12. The van der Waals surface area contributed by atoms with E-state index in [1.165, 1.54) is 19.3 Å². The van der Waals surface area contributed by atoms with E-state index in [9.17, 15) is 0 Å². The van der Waals surface area contributed by atoms with Gasteiger partial charge in [-0.25, -0.2) is 0 Å². The van der Waals surface area contributed by atoms with Gasteiger partial charge in [0.05, 0.1) is 6.26 Å². The molecule has 15 heavy (non-hydrogen) atoms. The summed E-state index contributed by atoms with van der Waals surface area (Å²) in [6, 6.07) is 6.18. The molecule has 2 rings (SSSR count). The first-order valence-electron chi connectivity index (χ1n) is 5.61. The Morgan fingerprint density at radius 3 is 3.00 bits per heavy atom. The lowest BCUT2D eigenvalue weighted by Gasteiger charge is -1.93. The lowest BCUT2D eigenvalue weighted by molar-refractivity contribution is 0.497. The van der Waals surface area contributed by atoms with Crippen LogP contribution in [0.1, 0.15) is 31.9 Å². The van der Waals surface area contributed by atoms with E-state index in [-0.39, 0.29) is 0 Å². The van der Waals surface area contributed by atoms with E-state index in [0.717, 1.165) is 23.4 Å². The van der Waals surface area contributed by atoms with Crippen molar-refractivity contribution in [2.75, 3.05) is 0 Å². The number of H-pyrrole nitrogens is 1. The van der Waals surface area contributed by atoms with Crippen molar-refractivity contribution in [3.05, 3.63) is 36.4 Å². The fourth-order valence-electron chi connectivity index (χ4n) is 1.71. The summed E-state index contributed by atoms with van der Waals surface area (Å²) in [7, 11) is 0. The predicted octanol–water partition coefficient (Wildman–Crippen LogP) is 4.01. The van der Waals surface area contributed by atoms with Crippen molar-refractivity contribution in [3.8, 4) is 11.3 Å². The first kappa shape index (κ1) is 10.1. The molecule has 0 radical (unpaired) electrons. The van der Waals surface area contributed by atoms with Gasteiger partial charge >= 0.3 is 0 Å². The SMILES string of the molecule is CCCCCc1cc(-c2ccc[nH]2)co1. The zero-order valence-corrected chi connectivity index (χ0v) is 9.12. The van der Waals surface area contributed by atoms with Crippen LogP contribution in [0.3, 0.4) is 0 Å². The summed E-state index contributed by atoms with van der Waals surface area (Å²) in [6.07, 6.45) is 8.55. The maximum atomic E-state index is 5.52. The third kappa shape index (κ3) is 2.52. The number of rotatable bonds is 5. The van der Waals surface area contributed by atoms with Gasteiger partial charge < -0.3 is 9.40 Å². The maximum absolute atomic E-state index is 5.52. The van der Waals surface area contributed by atoms with Gasteiger partial charge in [-0.1, -0.05) is 19.8 Å². The molecule has 2 nitrogen and oxygen atoms in total. The number of aryl methyl sites for hydroxylation is 1. The minimum Gasteiger partial charge on any atom is -0.469 e. The molecule has 0 spiro atoms. The Balaban J connectivity index is 1.98. The fourth-order valence-corrected chi connectivity index (χ4v) is 1.71. The number of hydrogen-bond acceptors (Lipinski definition) is 1. The number of aromatic nitrogens is 1. The van der Waals surface area contributed by atoms with Crippen molar-refractivity contribution >= 4 is 0 Å². The van der Waals surface area contributed by atoms with Gasteiger partial charge in [0, 0.05) is 23.9 Å². The summed E-state index contributed by atoms with van der Waals surface area (Å²) in [4.78, 5) is 3.17. The van der Waals surface area contributed by atoms with Crippen LogP contribution in [0.25, 0.3) is 11.3 Å². The van der Waals surface area contributed by atoms with Crippen LogP contribution in [0, 0.1) is 0 Å². The molecule has 2 heterocycles. The predicted molar refractivity (Wildman–Crippen MR) is 61.7 cm³/mol. The summed E-state index contributed by atoms with van der Waals surface area (Å²) in [6.45, 7) is 2.21. The Hall–Kier alpha value is -1.44. The largest absolute Gasteiger partial charge is 0.469 e. The standard InChI is InChI=1S/C13H17NO/c1-2-3-4-6-12-9-11(10-15-12)13-7-5-8-14-13/h5,7-10,14H,2-4,6H2,1H3. The minimum atomic E-state index is 1.05. The molecule has 1 N–H and O–H groups in total. The first-order chi connectivity index (χ1) is 7.40. The van der Waals surface area contributed by atoms with E-state index in [1.54, 1.807) is 0 Å². The van der Waals surface area contributed by atoms with E-state index >= 15 is 0 Å². The Bertz CT molecular complexity index is 386.